The lowest BCUT2D eigenvalue weighted by Gasteiger charge is -2.39. The van der Waals surface area contributed by atoms with Crippen LogP contribution in [0.4, 0.5) is 5.69 Å². The Bertz CT molecular complexity index is 1370. The zero-order chi connectivity index (χ0) is 23.1. The topological polar surface area (TPSA) is 39.9 Å². The van der Waals surface area contributed by atoms with E-state index in [4.69, 9.17) is 5.26 Å². The molecule has 0 saturated carbocycles. The molecule has 2 aliphatic carbocycles. The summed E-state index contributed by atoms with van der Waals surface area (Å²) in [6.45, 7) is 2.41. The average Bonchev–Trinajstić information content (AvgIpc) is 3.17. The minimum absolute atomic E-state index is 0.0935. The number of pyridine rings is 1. The molecule has 3 nitrogen and oxygen atoms in total. The van der Waals surface area contributed by atoms with E-state index in [1.54, 1.807) is 6.20 Å². The van der Waals surface area contributed by atoms with E-state index in [9.17, 15) is 0 Å². The van der Waals surface area contributed by atoms with Gasteiger partial charge < -0.3 is 4.90 Å². The van der Waals surface area contributed by atoms with E-state index < -0.39 is 0 Å². The van der Waals surface area contributed by atoms with Crippen LogP contribution >= 0.6 is 0 Å². The highest BCUT2D eigenvalue weighted by Gasteiger charge is 2.48. The maximum atomic E-state index is 9.00. The van der Waals surface area contributed by atoms with Gasteiger partial charge in [-0.1, -0.05) is 60.7 Å². The summed E-state index contributed by atoms with van der Waals surface area (Å²) in [4.78, 5) is 7.07. The van der Waals surface area contributed by atoms with Gasteiger partial charge in [0.1, 0.15) is 6.07 Å². The van der Waals surface area contributed by atoms with Crippen molar-refractivity contribution in [2.24, 2.45) is 5.41 Å². The molecule has 6 rings (SSSR count). The van der Waals surface area contributed by atoms with Gasteiger partial charge in [-0.25, -0.2) is 0 Å². The summed E-state index contributed by atoms with van der Waals surface area (Å²) < 4.78 is 0. The van der Waals surface area contributed by atoms with E-state index in [1.165, 1.54) is 34.5 Å². The summed E-state index contributed by atoms with van der Waals surface area (Å²) in [5, 5.41) is 9.00. The molecule has 0 saturated heterocycles. The van der Waals surface area contributed by atoms with Gasteiger partial charge in [0.2, 0.25) is 0 Å². The summed E-state index contributed by atoms with van der Waals surface area (Å²) in [5.41, 5.74) is 9.33. The first-order chi connectivity index (χ1) is 16.7. The first-order valence-corrected chi connectivity index (χ1v) is 12.1. The number of allylic oxidation sites excluding steroid dienone is 4. The quantitative estimate of drug-likeness (QED) is 0.397. The molecule has 1 aliphatic heterocycles. The van der Waals surface area contributed by atoms with Crippen LogP contribution in [-0.4, -0.2) is 11.0 Å². The molecule has 0 fully saturated rings. The van der Waals surface area contributed by atoms with Crippen molar-refractivity contribution in [2.75, 3.05) is 4.90 Å². The number of anilines is 1. The summed E-state index contributed by atoms with van der Waals surface area (Å²) in [6, 6.07) is 23.9. The van der Waals surface area contributed by atoms with Crippen LogP contribution in [0.1, 0.15) is 38.2 Å². The molecule has 2 aromatic carbocycles. The lowest BCUT2D eigenvalue weighted by Crippen LogP contribution is -2.40. The second-order valence-corrected chi connectivity index (χ2v) is 9.62. The Morgan fingerprint density at radius 2 is 1.82 bits per heavy atom. The zero-order valence-electron chi connectivity index (χ0n) is 19.4. The van der Waals surface area contributed by atoms with E-state index in [1.807, 2.05) is 12.1 Å². The van der Waals surface area contributed by atoms with Crippen molar-refractivity contribution in [3.8, 4) is 28.5 Å². The summed E-state index contributed by atoms with van der Waals surface area (Å²) in [7, 11) is 0. The monoisotopic (exact) mass is 441 g/mol. The van der Waals surface area contributed by atoms with E-state index in [-0.39, 0.29) is 5.41 Å². The van der Waals surface area contributed by atoms with Crippen molar-refractivity contribution in [1.29, 1.82) is 5.26 Å². The van der Waals surface area contributed by atoms with Crippen LogP contribution in [0.25, 0.3) is 22.4 Å². The highest BCUT2D eigenvalue weighted by atomic mass is 15.2. The fourth-order valence-corrected chi connectivity index (χ4v) is 5.88. The third kappa shape index (κ3) is 3.30. The number of fused-ring (bicyclic) bond motifs is 2. The molecule has 1 unspecified atom stereocenters. The van der Waals surface area contributed by atoms with Crippen LogP contribution < -0.4 is 4.90 Å². The van der Waals surface area contributed by atoms with Crippen LogP contribution in [-0.2, 0) is 0 Å². The second kappa shape index (κ2) is 8.15. The lowest BCUT2D eigenvalue weighted by molar-refractivity contribution is 0.389. The van der Waals surface area contributed by atoms with Gasteiger partial charge >= 0.3 is 0 Å². The summed E-state index contributed by atoms with van der Waals surface area (Å²) in [6.07, 6.45) is 15.7. The minimum Gasteiger partial charge on any atom is -0.340 e. The molecule has 0 radical (unpaired) electrons. The Balaban J connectivity index is 1.34. The Morgan fingerprint density at radius 1 is 0.971 bits per heavy atom. The maximum Gasteiger partial charge on any atom is 0.101 e. The Morgan fingerprint density at radius 3 is 2.62 bits per heavy atom. The third-order valence-electron chi connectivity index (χ3n) is 7.62. The molecular formula is C31H27N3. The highest BCUT2D eigenvalue weighted by Crippen LogP contribution is 2.53. The van der Waals surface area contributed by atoms with Gasteiger partial charge in [-0.15, -0.1) is 0 Å². The zero-order valence-corrected chi connectivity index (χ0v) is 19.4. The summed E-state index contributed by atoms with van der Waals surface area (Å²) in [5.74, 6) is 0. The Kier molecular flexibility index (Phi) is 4.96. The van der Waals surface area contributed by atoms with Gasteiger partial charge in [0, 0.05) is 34.6 Å². The SMILES string of the molecule is C[C@@]12C=CCCC1N(c1cccc(-c3ccc(-c4ccc(C#N)cn4)cc3)c1)C1=C2C=CCC1. The molecule has 2 heterocycles. The molecule has 0 bridgehead atoms. The van der Waals surface area contributed by atoms with E-state index in [0.29, 0.717) is 11.6 Å². The van der Waals surface area contributed by atoms with Crippen molar-refractivity contribution < 1.29 is 0 Å². The predicted octanol–water partition coefficient (Wildman–Crippen LogP) is 7.44. The van der Waals surface area contributed by atoms with Crippen molar-refractivity contribution >= 4 is 5.69 Å². The smallest absolute Gasteiger partial charge is 0.101 e. The molecule has 0 amide bonds. The normalized spacial score (nSPS) is 22.9. The first-order valence-electron chi connectivity index (χ1n) is 12.1. The first kappa shape index (κ1) is 20.7. The number of hydrogen-bond acceptors (Lipinski definition) is 3. The molecule has 0 N–H and O–H groups in total. The van der Waals surface area contributed by atoms with Gasteiger partial charge in [-0.2, -0.15) is 5.26 Å². The van der Waals surface area contributed by atoms with E-state index in [0.717, 1.165) is 30.5 Å². The molecule has 3 heteroatoms. The van der Waals surface area contributed by atoms with Crippen LogP contribution in [0, 0.1) is 16.7 Å². The third-order valence-corrected chi connectivity index (χ3v) is 7.62. The number of rotatable bonds is 3. The molecule has 0 spiro atoms. The van der Waals surface area contributed by atoms with Crippen molar-refractivity contribution in [3.63, 3.8) is 0 Å². The van der Waals surface area contributed by atoms with Crippen LogP contribution in [0.3, 0.4) is 0 Å². The fourth-order valence-electron chi connectivity index (χ4n) is 5.88. The second-order valence-electron chi connectivity index (χ2n) is 9.62. The van der Waals surface area contributed by atoms with Gasteiger partial charge in [0.15, 0.2) is 0 Å². The Labute approximate surface area is 201 Å². The number of aromatic nitrogens is 1. The largest absolute Gasteiger partial charge is 0.340 e. The number of nitriles is 1. The minimum atomic E-state index is 0.0935. The molecule has 3 aliphatic rings. The molecule has 166 valence electrons. The van der Waals surface area contributed by atoms with Gasteiger partial charge in [0.05, 0.1) is 11.3 Å². The van der Waals surface area contributed by atoms with Crippen LogP contribution in [0.15, 0.2) is 102 Å². The fraction of sp³-hybridized carbons (Fsp3) is 0.226. The molecule has 1 aromatic heterocycles. The van der Waals surface area contributed by atoms with Crippen LogP contribution in [0.2, 0.25) is 0 Å². The van der Waals surface area contributed by atoms with Crippen molar-refractivity contribution in [1.82, 2.24) is 4.98 Å². The number of hydrogen-bond donors (Lipinski definition) is 0. The lowest BCUT2D eigenvalue weighted by atomic mass is 9.72. The molecule has 34 heavy (non-hydrogen) atoms. The average molecular weight is 442 g/mol. The Hall–Kier alpha value is -3.90. The molecular weight excluding hydrogens is 414 g/mol. The van der Waals surface area contributed by atoms with E-state index in [2.05, 4.69) is 95.7 Å². The predicted molar refractivity (Wildman–Crippen MR) is 138 cm³/mol. The molecule has 2 atom stereocenters. The van der Waals surface area contributed by atoms with Crippen molar-refractivity contribution in [2.45, 2.75) is 38.6 Å². The van der Waals surface area contributed by atoms with Gasteiger partial charge in [-0.3, -0.25) is 4.98 Å². The molecule has 3 aromatic rings. The van der Waals surface area contributed by atoms with Crippen LogP contribution in [0.5, 0.6) is 0 Å². The number of benzene rings is 2. The maximum absolute atomic E-state index is 9.00. The highest BCUT2D eigenvalue weighted by molar-refractivity contribution is 5.74. The van der Waals surface area contributed by atoms with Gasteiger partial charge in [-0.05, 0) is 73.6 Å². The van der Waals surface area contributed by atoms with Crippen molar-refractivity contribution in [3.05, 3.63) is 108 Å². The van der Waals surface area contributed by atoms with Gasteiger partial charge in [0.25, 0.3) is 0 Å². The summed E-state index contributed by atoms with van der Waals surface area (Å²) >= 11 is 0. The standard InChI is InChI=1S/C31H27N3/c1-31-18-5-4-11-30(31)34(29-10-3-2-9-27(29)31)26-8-6-7-25(19-26)23-13-15-24(16-14-23)28-17-12-22(20-32)21-33-28/h2,5-9,12-19,21,30H,3-4,10-11H2,1H3/t30?,31-/m0/s1. The number of nitrogens with zero attached hydrogens (tertiary/aromatic N) is 3. The van der Waals surface area contributed by atoms with E-state index >= 15 is 0 Å².